The summed E-state index contributed by atoms with van der Waals surface area (Å²) in [6.45, 7) is 10.7. The number of nitrogens with zero attached hydrogens (tertiary/aromatic N) is 7. The first kappa shape index (κ1) is 24.0. The molecule has 0 N–H and O–H groups in total. The second kappa shape index (κ2) is 9.98. The average Bonchev–Trinajstić information content (AvgIpc) is 3.29. The van der Waals surface area contributed by atoms with Crippen molar-refractivity contribution < 1.29 is 0 Å². The van der Waals surface area contributed by atoms with Crippen molar-refractivity contribution in [1.29, 1.82) is 5.26 Å². The minimum atomic E-state index is -0.0557. The second-order valence-corrected chi connectivity index (χ2v) is 9.23. The monoisotopic (exact) mass is 461 g/mol. The quantitative estimate of drug-likeness (QED) is 0.534. The molecule has 180 valence electrons. The molecule has 4 rings (SSSR count). The van der Waals surface area contributed by atoms with Crippen LogP contribution in [0.1, 0.15) is 57.8 Å². The summed E-state index contributed by atoms with van der Waals surface area (Å²) in [5.41, 5.74) is 4.72. The van der Waals surface area contributed by atoms with E-state index in [1.165, 1.54) is 5.56 Å². The molecule has 4 heterocycles. The molecule has 0 spiro atoms. The van der Waals surface area contributed by atoms with E-state index in [1.807, 2.05) is 6.20 Å². The molecule has 0 unspecified atom stereocenters. The van der Waals surface area contributed by atoms with Gasteiger partial charge in [-0.1, -0.05) is 26.8 Å². The fourth-order valence-electron chi connectivity index (χ4n) is 5.15. The highest BCUT2D eigenvalue weighted by Crippen LogP contribution is 2.34. The maximum absolute atomic E-state index is 12.8. The van der Waals surface area contributed by atoms with Crippen molar-refractivity contribution in [3.05, 3.63) is 52.2 Å². The number of fused-ring (bicyclic) bond motifs is 1. The third-order valence-electron chi connectivity index (χ3n) is 7.35. The maximum atomic E-state index is 12.8. The highest BCUT2D eigenvalue weighted by Gasteiger charge is 2.36. The van der Waals surface area contributed by atoms with Crippen LogP contribution in [0.15, 0.2) is 35.4 Å². The van der Waals surface area contributed by atoms with Gasteiger partial charge >= 0.3 is 0 Å². The maximum Gasteiger partial charge on any atom is 0.252 e. The summed E-state index contributed by atoms with van der Waals surface area (Å²) in [7, 11) is 1.76. The van der Waals surface area contributed by atoms with Gasteiger partial charge in [0.15, 0.2) is 0 Å². The number of anilines is 1. The minimum absolute atomic E-state index is 0.0557. The Balaban J connectivity index is 1.70. The van der Waals surface area contributed by atoms with Crippen molar-refractivity contribution in [3.8, 4) is 6.07 Å². The van der Waals surface area contributed by atoms with Crippen LogP contribution in [0.25, 0.3) is 11.0 Å². The topological polar surface area (TPSA) is 83.0 Å². The number of hydrogen-bond acceptors (Lipinski definition) is 6. The Bertz CT molecular complexity index is 1240. The van der Waals surface area contributed by atoms with Gasteiger partial charge in [-0.3, -0.25) is 19.4 Å². The molecule has 0 amide bonds. The molecular formula is C26H35N7O. The molecule has 0 aromatic carbocycles. The zero-order valence-corrected chi connectivity index (χ0v) is 20.9. The normalized spacial score (nSPS) is 19.9. The van der Waals surface area contributed by atoms with E-state index in [0.29, 0.717) is 6.04 Å². The smallest absolute Gasteiger partial charge is 0.252 e. The Hall–Kier alpha value is -3.18. The van der Waals surface area contributed by atoms with Gasteiger partial charge in [0, 0.05) is 56.2 Å². The lowest BCUT2D eigenvalue weighted by Crippen LogP contribution is -2.58. The first-order valence-corrected chi connectivity index (χ1v) is 12.3. The van der Waals surface area contributed by atoms with Gasteiger partial charge in [-0.15, -0.1) is 0 Å². The lowest BCUT2D eigenvalue weighted by atomic mass is 9.97. The number of rotatable bonds is 7. The van der Waals surface area contributed by atoms with E-state index in [1.54, 1.807) is 28.6 Å². The van der Waals surface area contributed by atoms with Crippen LogP contribution in [-0.4, -0.2) is 49.4 Å². The third kappa shape index (κ3) is 4.32. The van der Waals surface area contributed by atoms with Gasteiger partial charge in [-0.25, -0.2) is 0 Å². The second-order valence-electron chi connectivity index (χ2n) is 9.23. The first-order chi connectivity index (χ1) is 16.4. The standard InChI is InChI=1S/C26H35N7O/c1-6-20-10-9-19(14-28-20)18(4)32-15-22(8-3)33(16-21(32)7-2)23-13-25(34)30(5)24-17-31(12-11-27)29-26(23)24/h9-10,13-14,17-18,21-22H,6-8,12,15-16H2,1-5H3/t18-,21+,22-/m0/s1. The Morgan fingerprint density at radius 3 is 2.56 bits per heavy atom. The Labute approximate surface area is 201 Å². The van der Waals surface area contributed by atoms with Crippen molar-refractivity contribution in [2.75, 3.05) is 18.0 Å². The van der Waals surface area contributed by atoms with Gasteiger partial charge in [0.05, 0.1) is 23.5 Å². The van der Waals surface area contributed by atoms with Crippen molar-refractivity contribution in [1.82, 2.24) is 24.2 Å². The lowest BCUT2D eigenvalue weighted by molar-refractivity contribution is 0.101. The fourth-order valence-corrected chi connectivity index (χ4v) is 5.15. The molecule has 34 heavy (non-hydrogen) atoms. The van der Waals surface area contributed by atoms with Crippen LogP contribution >= 0.6 is 0 Å². The number of aromatic nitrogens is 4. The van der Waals surface area contributed by atoms with E-state index in [4.69, 9.17) is 5.26 Å². The van der Waals surface area contributed by atoms with Crippen molar-refractivity contribution in [2.45, 2.75) is 71.6 Å². The molecule has 1 aliphatic heterocycles. The molecule has 8 heteroatoms. The molecule has 8 nitrogen and oxygen atoms in total. The molecule has 1 aliphatic rings. The fraction of sp³-hybridized carbons (Fsp3) is 0.538. The Kier molecular flexibility index (Phi) is 7.03. The largest absolute Gasteiger partial charge is 0.364 e. The number of aryl methyl sites for hydroxylation is 2. The zero-order valence-electron chi connectivity index (χ0n) is 20.9. The van der Waals surface area contributed by atoms with Crippen LogP contribution < -0.4 is 10.5 Å². The molecule has 3 atom stereocenters. The van der Waals surface area contributed by atoms with E-state index >= 15 is 0 Å². The minimum Gasteiger partial charge on any atom is -0.364 e. The molecule has 3 aromatic heterocycles. The van der Waals surface area contributed by atoms with Gasteiger partial charge in [0.2, 0.25) is 0 Å². The average molecular weight is 462 g/mol. The van der Waals surface area contributed by atoms with Crippen LogP contribution in [0.2, 0.25) is 0 Å². The van der Waals surface area contributed by atoms with E-state index in [9.17, 15) is 4.79 Å². The summed E-state index contributed by atoms with van der Waals surface area (Å²) in [5, 5.41) is 13.8. The molecule has 1 fully saturated rings. The molecule has 3 aromatic rings. The Morgan fingerprint density at radius 1 is 1.18 bits per heavy atom. The Morgan fingerprint density at radius 2 is 1.94 bits per heavy atom. The number of piperazine rings is 1. The van der Waals surface area contributed by atoms with Gasteiger partial charge in [-0.05, 0) is 37.8 Å². The lowest BCUT2D eigenvalue weighted by Gasteiger charge is -2.49. The van der Waals surface area contributed by atoms with E-state index in [-0.39, 0.29) is 24.2 Å². The summed E-state index contributed by atoms with van der Waals surface area (Å²) < 4.78 is 3.24. The molecule has 0 bridgehead atoms. The number of pyridine rings is 2. The van der Waals surface area contributed by atoms with E-state index in [2.05, 4.69) is 65.8 Å². The van der Waals surface area contributed by atoms with Gasteiger partial charge in [0.1, 0.15) is 12.1 Å². The molecule has 0 aliphatic carbocycles. The van der Waals surface area contributed by atoms with Gasteiger partial charge in [-0.2, -0.15) is 10.4 Å². The third-order valence-corrected chi connectivity index (χ3v) is 7.35. The van der Waals surface area contributed by atoms with Crippen LogP contribution in [0.3, 0.4) is 0 Å². The van der Waals surface area contributed by atoms with Crippen molar-refractivity contribution >= 4 is 16.7 Å². The predicted molar refractivity (Wildman–Crippen MR) is 135 cm³/mol. The summed E-state index contributed by atoms with van der Waals surface area (Å²) in [6.07, 6.45) is 6.73. The van der Waals surface area contributed by atoms with Crippen molar-refractivity contribution in [2.24, 2.45) is 7.05 Å². The highest BCUT2D eigenvalue weighted by molar-refractivity contribution is 5.88. The number of hydrogen-bond donors (Lipinski definition) is 0. The van der Waals surface area contributed by atoms with Crippen LogP contribution in [0, 0.1) is 11.3 Å². The summed E-state index contributed by atoms with van der Waals surface area (Å²) in [6, 6.07) is 9.06. The SMILES string of the molecule is CCc1ccc([C@H](C)N2C[C@H](CC)N(c3cc(=O)n(C)c4cn(CC#N)nc34)C[C@H]2CC)cn1. The van der Waals surface area contributed by atoms with Gasteiger partial charge in [0.25, 0.3) is 5.56 Å². The van der Waals surface area contributed by atoms with Gasteiger partial charge < -0.3 is 9.47 Å². The van der Waals surface area contributed by atoms with Crippen LogP contribution in [-0.2, 0) is 20.0 Å². The number of nitriles is 1. The highest BCUT2D eigenvalue weighted by atomic mass is 16.1. The molecular weight excluding hydrogens is 426 g/mol. The summed E-state index contributed by atoms with van der Waals surface area (Å²) in [5.74, 6) is 0. The molecule has 0 radical (unpaired) electrons. The van der Waals surface area contributed by atoms with Crippen LogP contribution in [0.4, 0.5) is 5.69 Å². The first-order valence-electron chi connectivity index (χ1n) is 12.3. The van der Waals surface area contributed by atoms with E-state index in [0.717, 1.165) is 54.8 Å². The molecule has 1 saturated heterocycles. The molecule has 0 saturated carbocycles. The van der Waals surface area contributed by atoms with Crippen LogP contribution in [0.5, 0.6) is 0 Å². The zero-order chi connectivity index (χ0) is 24.4. The summed E-state index contributed by atoms with van der Waals surface area (Å²) in [4.78, 5) is 22.4. The van der Waals surface area contributed by atoms with E-state index < -0.39 is 0 Å². The summed E-state index contributed by atoms with van der Waals surface area (Å²) >= 11 is 0. The predicted octanol–water partition coefficient (Wildman–Crippen LogP) is 3.66. The van der Waals surface area contributed by atoms with Crippen molar-refractivity contribution in [3.63, 3.8) is 0 Å².